The van der Waals surface area contributed by atoms with Crippen molar-refractivity contribution in [3.63, 3.8) is 0 Å². The molecule has 5 nitrogen and oxygen atoms in total. The topological polar surface area (TPSA) is 79.4 Å². The maximum Gasteiger partial charge on any atom is 0.573 e. The van der Waals surface area contributed by atoms with Gasteiger partial charge in [-0.1, -0.05) is 0 Å². The van der Waals surface area contributed by atoms with Gasteiger partial charge >= 0.3 is 12.3 Å². The summed E-state index contributed by atoms with van der Waals surface area (Å²) in [4.78, 5) is 23.7. The van der Waals surface area contributed by atoms with Crippen LogP contribution in [0.5, 0.6) is 5.75 Å². The van der Waals surface area contributed by atoms with Gasteiger partial charge in [0.2, 0.25) is 5.75 Å². The third kappa shape index (κ3) is 2.75. The number of aryl methyl sites for hydroxylation is 1. The molecule has 0 aliphatic rings. The van der Waals surface area contributed by atoms with Crippen molar-refractivity contribution in [2.45, 2.75) is 13.3 Å². The number of aromatic carboxylic acids is 1. The first-order valence-corrected chi connectivity index (χ1v) is 3.93. The van der Waals surface area contributed by atoms with Crippen molar-refractivity contribution in [1.82, 2.24) is 4.98 Å². The fraction of sp³-hybridized carbons (Fsp3) is 0.250. The Morgan fingerprint density at radius 2 is 2.06 bits per heavy atom. The molecular weight excluding hydrogens is 231 g/mol. The molecule has 1 aromatic heterocycles. The van der Waals surface area contributed by atoms with E-state index in [2.05, 4.69) is 4.74 Å². The lowest BCUT2D eigenvalue weighted by molar-refractivity contribution is -0.275. The molecule has 1 aromatic rings. The van der Waals surface area contributed by atoms with Crippen LogP contribution in [0.2, 0.25) is 0 Å². The normalized spacial score (nSPS) is 11.2. The van der Waals surface area contributed by atoms with Crippen LogP contribution in [0.25, 0.3) is 0 Å². The van der Waals surface area contributed by atoms with Gasteiger partial charge in [-0.15, -0.1) is 13.2 Å². The molecule has 0 saturated heterocycles. The van der Waals surface area contributed by atoms with E-state index in [9.17, 15) is 22.8 Å². The molecule has 2 N–H and O–H groups in total. The predicted octanol–water partition coefficient (Wildman–Crippen LogP) is 1.28. The summed E-state index contributed by atoms with van der Waals surface area (Å²) in [5.74, 6) is -2.95. The molecule has 0 bridgehead atoms. The molecule has 0 aliphatic heterocycles. The first-order chi connectivity index (χ1) is 7.20. The quantitative estimate of drug-likeness (QED) is 0.811. The summed E-state index contributed by atoms with van der Waals surface area (Å²) < 4.78 is 39.0. The molecule has 1 heterocycles. The zero-order valence-corrected chi connectivity index (χ0v) is 7.88. The zero-order chi connectivity index (χ0) is 12.5. The van der Waals surface area contributed by atoms with Crippen molar-refractivity contribution in [2.24, 2.45) is 0 Å². The molecule has 0 fully saturated rings. The number of rotatable bonds is 2. The van der Waals surface area contributed by atoms with Crippen molar-refractivity contribution in [1.29, 1.82) is 0 Å². The van der Waals surface area contributed by atoms with Crippen molar-refractivity contribution in [3.8, 4) is 5.75 Å². The number of aromatic amines is 1. The molecule has 8 heteroatoms. The molecule has 0 radical (unpaired) electrons. The van der Waals surface area contributed by atoms with Crippen LogP contribution < -0.4 is 10.3 Å². The number of carboxylic acid groups (broad SMARTS) is 1. The van der Waals surface area contributed by atoms with Gasteiger partial charge in [-0.2, -0.15) is 0 Å². The maximum absolute atomic E-state index is 11.9. The van der Waals surface area contributed by atoms with Crippen LogP contribution in [-0.4, -0.2) is 22.4 Å². The third-order valence-electron chi connectivity index (χ3n) is 1.57. The molecule has 88 valence electrons. The predicted molar refractivity (Wildman–Crippen MR) is 45.4 cm³/mol. The molecule has 0 unspecified atom stereocenters. The van der Waals surface area contributed by atoms with Crippen molar-refractivity contribution < 1.29 is 27.8 Å². The summed E-state index contributed by atoms with van der Waals surface area (Å²) >= 11 is 0. The second kappa shape index (κ2) is 3.87. The Morgan fingerprint density at radius 1 is 1.50 bits per heavy atom. The Balaban J connectivity index is 3.36. The number of H-pyrrole nitrogens is 1. The summed E-state index contributed by atoms with van der Waals surface area (Å²) in [5.41, 5.74) is -1.95. The molecule has 1 rings (SSSR count). The second-order valence-electron chi connectivity index (χ2n) is 2.88. The molecule has 0 atom stereocenters. The number of nitrogens with one attached hydrogen (secondary N) is 1. The van der Waals surface area contributed by atoms with Crippen LogP contribution in [0, 0.1) is 6.92 Å². The fourth-order valence-electron chi connectivity index (χ4n) is 1.05. The lowest BCUT2D eigenvalue weighted by Crippen LogP contribution is -2.25. The highest BCUT2D eigenvalue weighted by atomic mass is 19.4. The molecular formula is C8H6F3NO4. The summed E-state index contributed by atoms with van der Waals surface area (Å²) in [5, 5.41) is 8.61. The molecule has 0 saturated carbocycles. The van der Waals surface area contributed by atoms with Crippen LogP contribution in [0.3, 0.4) is 0 Å². The molecule has 0 aromatic carbocycles. The van der Waals surface area contributed by atoms with E-state index in [0.29, 0.717) is 0 Å². The van der Waals surface area contributed by atoms with Crippen LogP contribution in [-0.2, 0) is 0 Å². The van der Waals surface area contributed by atoms with E-state index in [1.54, 1.807) is 0 Å². The van der Waals surface area contributed by atoms with E-state index in [1.165, 1.54) is 6.92 Å². The van der Waals surface area contributed by atoms with E-state index in [4.69, 9.17) is 5.11 Å². The Kier molecular flexibility index (Phi) is 2.92. The first kappa shape index (κ1) is 12.1. The van der Waals surface area contributed by atoms with Gasteiger partial charge in [0.1, 0.15) is 5.56 Å². The monoisotopic (exact) mass is 237 g/mol. The first-order valence-electron chi connectivity index (χ1n) is 3.93. The van der Waals surface area contributed by atoms with Crippen LogP contribution in [0.1, 0.15) is 16.1 Å². The van der Waals surface area contributed by atoms with Gasteiger partial charge in [-0.05, 0) is 13.0 Å². The van der Waals surface area contributed by atoms with Gasteiger partial charge in [0.15, 0.2) is 0 Å². The summed E-state index contributed by atoms with van der Waals surface area (Å²) in [7, 11) is 0. The van der Waals surface area contributed by atoms with E-state index in [1.807, 2.05) is 4.98 Å². The van der Waals surface area contributed by atoms with Gasteiger partial charge in [-0.3, -0.25) is 4.79 Å². The zero-order valence-electron chi connectivity index (χ0n) is 7.88. The Hall–Kier alpha value is -1.99. The Bertz CT molecular complexity index is 477. The number of pyridine rings is 1. The Morgan fingerprint density at radius 3 is 2.50 bits per heavy atom. The lowest BCUT2D eigenvalue weighted by Gasteiger charge is -2.10. The van der Waals surface area contributed by atoms with Crippen molar-refractivity contribution in [2.75, 3.05) is 0 Å². The number of carboxylic acids is 1. The molecule has 16 heavy (non-hydrogen) atoms. The van der Waals surface area contributed by atoms with Crippen LogP contribution in [0.15, 0.2) is 10.9 Å². The minimum Gasteiger partial charge on any atom is -0.478 e. The molecule has 0 amide bonds. The number of hydrogen-bond acceptors (Lipinski definition) is 3. The van der Waals surface area contributed by atoms with Gasteiger partial charge in [0, 0.05) is 5.69 Å². The average molecular weight is 237 g/mol. The summed E-state index contributed by atoms with van der Waals surface area (Å²) in [6, 6.07) is 0.880. The van der Waals surface area contributed by atoms with E-state index in [-0.39, 0.29) is 5.69 Å². The summed E-state index contributed by atoms with van der Waals surface area (Å²) in [6.07, 6.45) is -5.12. The van der Waals surface area contributed by atoms with Crippen molar-refractivity contribution >= 4 is 5.97 Å². The maximum atomic E-state index is 11.9. The fourth-order valence-corrected chi connectivity index (χ4v) is 1.05. The summed E-state index contributed by atoms with van der Waals surface area (Å²) in [6.45, 7) is 1.34. The highest BCUT2D eigenvalue weighted by molar-refractivity contribution is 5.90. The SMILES string of the molecule is Cc1cc(C(=O)O)c(OC(F)(F)F)c(=O)[nH]1. The van der Waals surface area contributed by atoms with Crippen LogP contribution in [0.4, 0.5) is 13.2 Å². The number of ether oxygens (including phenoxy) is 1. The van der Waals surface area contributed by atoms with Gasteiger partial charge in [-0.25, -0.2) is 4.79 Å². The van der Waals surface area contributed by atoms with Gasteiger partial charge in [0.25, 0.3) is 5.56 Å². The number of carbonyl (C=O) groups is 1. The van der Waals surface area contributed by atoms with Crippen LogP contribution >= 0.6 is 0 Å². The van der Waals surface area contributed by atoms with E-state index < -0.39 is 29.2 Å². The van der Waals surface area contributed by atoms with Crippen molar-refractivity contribution in [3.05, 3.63) is 27.7 Å². The smallest absolute Gasteiger partial charge is 0.478 e. The molecule has 0 spiro atoms. The number of aromatic nitrogens is 1. The highest BCUT2D eigenvalue weighted by Crippen LogP contribution is 2.23. The Labute approximate surface area is 86.5 Å². The lowest BCUT2D eigenvalue weighted by atomic mass is 10.2. The minimum absolute atomic E-state index is 0.122. The highest BCUT2D eigenvalue weighted by Gasteiger charge is 2.34. The second-order valence-corrected chi connectivity index (χ2v) is 2.88. The number of halogens is 3. The largest absolute Gasteiger partial charge is 0.573 e. The average Bonchev–Trinajstić information content (AvgIpc) is 2.07. The standard InChI is InChI=1S/C8H6F3NO4/c1-3-2-4(7(14)15)5(6(13)12-3)16-8(9,10)11/h2H,1H3,(H,12,13)(H,14,15). The van der Waals surface area contributed by atoms with Gasteiger partial charge < -0.3 is 14.8 Å². The third-order valence-corrected chi connectivity index (χ3v) is 1.57. The number of hydrogen-bond donors (Lipinski definition) is 2. The van der Waals surface area contributed by atoms with E-state index >= 15 is 0 Å². The minimum atomic E-state index is -5.12. The van der Waals surface area contributed by atoms with Gasteiger partial charge in [0.05, 0.1) is 0 Å². The molecule has 0 aliphatic carbocycles. The van der Waals surface area contributed by atoms with E-state index in [0.717, 1.165) is 6.07 Å². The number of alkyl halides is 3.